The van der Waals surface area contributed by atoms with Crippen molar-refractivity contribution in [2.24, 2.45) is 0 Å². The summed E-state index contributed by atoms with van der Waals surface area (Å²) in [7, 11) is -3.17. The molecule has 4 heteroatoms. The second kappa shape index (κ2) is 17.0. The maximum Gasteiger partial charge on any atom is 0.155 e. The molecule has 0 bridgehead atoms. The molecular weight excluding hydrogens is 344 g/mol. The maximum atomic E-state index is 12.6. The Hall–Kier alpha value is -0.0900. The van der Waals surface area contributed by atoms with Crippen LogP contribution in [0.5, 0.6) is 0 Å². The summed E-state index contributed by atoms with van der Waals surface area (Å²) in [4.78, 5) is 0. The number of unbranched alkanes of at least 4 members (excludes halogenated alkanes) is 13. The first kappa shape index (κ1) is 25.9. The summed E-state index contributed by atoms with van der Waals surface area (Å²) in [5, 5.41) is 9.39. The van der Waals surface area contributed by atoms with Crippen molar-refractivity contribution in [1.29, 1.82) is 0 Å². The van der Waals surface area contributed by atoms with Crippen LogP contribution in [-0.4, -0.2) is 30.6 Å². The van der Waals surface area contributed by atoms with Gasteiger partial charge in [-0.25, -0.2) is 8.42 Å². The Balaban J connectivity index is 3.94. The number of aliphatic hydroxyl groups is 1. The molecule has 0 aliphatic heterocycles. The predicted octanol–water partition coefficient (Wildman–Crippen LogP) is 6.43. The normalized spacial score (nSPS) is 14.5. The summed E-state index contributed by atoms with van der Waals surface area (Å²) >= 11 is 0. The van der Waals surface area contributed by atoms with Crippen LogP contribution < -0.4 is 0 Å². The molecule has 0 radical (unpaired) electrons. The van der Waals surface area contributed by atoms with E-state index in [9.17, 15) is 13.5 Å². The summed E-state index contributed by atoms with van der Waals surface area (Å²) in [5.41, 5.74) is 0. The van der Waals surface area contributed by atoms with Crippen LogP contribution in [0, 0.1) is 0 Å². The predicted molar refractivity (Wildman–Crippen MR) is 114 cm³/mol. The Kier molecular flexibility index (Phi) is 17.0. The second-order valence-corrected chi connectivity index (χ2v) is 10.4. The zero-order valence-corrected chi connectivity index (χ0v) is 18.7. The van der Waals surface area contributed by atoms with Gasteiger partial charge >= 0.3 is 0 Å². The molecule has 0 amide bonds. The molecular formula is C22H46O3S. The number of aliphatic hydroxyl groups excluding tert-OH is 1. The molecule has 0 aliphatic carbocycles. The Morgan fingerprint density at radius 2 is 1.04 bits per heavy atom. The van der Waals surface area contributed by atoms with Crippen molar-refractivity contribution in [3.8, 4) is 0 Å². The highest BCUT2D eigenvalue weighted by Gasteiger charge is 2.28. The van der Waals surface area contributed by atoms with E-state index in [-0.39, 0.29) is 5.75 Å². The highest BCUT2D eigenvalue weighted by Crippen LogP contribution is 2.19. The fraction of sp³-hybridized carbons (Fsp3) is 1.00. The highest BCUT2D eigenvalue weighted by molar-refractivity contribution is 7.92. The Bertz CT molecular complexity index is 390. The molecule has 0 aromatic rings. The monoisotopic (exact) mass is 390 g/mol. The molecule has 0 aliphatic rings. The Morgan fingerprint density at radius 1 is 0.654 bits per heavy atom. The summed E-state index contributed by atoms with van der Waals surface area (Å²) in [5.74, 6) is 0.244. The smallest absolute Gasteiger partial charge is 0.155 e. The molecule has 0 saturated carbocycles. The van der Waals surface area contributed by atoms with Crippen molar-refractivity contribution in [1.82, 2.24) is 0 Å². The molecule has 3 nitrogen and oxygen atoms in total. The molecule has 0 fully saturated rings. The first-order valence-electron chi connectivity index (χ1n) is 11.3. The minimum atomic E-state index is -3.17. The summed E-state index contributed by atoms with van der Waals surface area (Å²) in [6, 6.07) is 0. The van der Waals surface area contributed by atoms with Crippen molar-refractivity contribution < 1.29 is 13.5 Å². The van der Waals surface area contributed by atoms with Crippen molar-refractivity contribution in [2.75, 3.05) is 5.75 Å². The van der Waals surface area contributed by atoms with Crippen molar-refractivity contribution >= 4 is 9.84 Å². The lowest BCUT2D eigenvalue weighted by atomic mass is 10.1. The van der Waals surface area contributed by atoms with E-state index in [4.69, 9.17) is 0 Å². The van der Waals surface area contributed by atoms with Crippen LogP contribution in [0.25, 0.3) is 0 Å². The Labute approximate surface area is 164 Å². The van der Waals surface area contributed by atoms with Crippen LogP contribution in [-0.2, 0) is 9.84 Å². The standard InChI is InChI=1S/C22H46O3S/c1-4-6-8-10-12-13-14-16-18-20-26(24,25)22(21(3)23)19-17-15-11-9-7-5-2/h21-23H,4-20H2,1-3H3. The SMILES string of the molecule is CCCCCCCCCCCS(=O)(=O)C(CCCCCCCC)C(C)O. The fourth-order valence-corrected chi connectivity index (χ4v) is 5.65. The summed E-state index contributed by atoms with van der Waals surface area (Å²) in [6.07, 6.45) is 17.4. The first-order valence-corrected chi connectivity index (χ1v) is 13.1. The second-order valence-electron chi connectivity index (χ2n) is 8.03. The molecule has 2 atom stereocenters. The lowest BCUT2D eigenvalue weighted by Crippen LogP contribution is -2.34. The van der Waals surface area contributed by atoms with Gasteiger partial charge in [0.05, 0.1) is 17.1 Å². The van der Waals surface area contributed by atoms with Gasteiger partial charge in [0.25, 0.3) is 0 Å². The largest absolute Gasteiger partial charge is 0.392 e. The molecule has 0 heterocycles. The zero-order chi connectivity index (χ0) is 19.7. The summed E-state index contributed by atoms with van der Waals surface area (Å²) in [6.45, 7) is 6.06. The maximum absolute atomic E-state index is 12.6. The third-order valence-electron chi connectivity index (χ3n) is 5.37. The van der Waals surface area contributed by atoms with Crippen LogP contribution in [0.4, 0.5) is 0 Å². The van der Waals surface area contributed by atoms with Gasteiger partial charge in [-0.05, 0) is 19.8 Å². The topological polar surface area (TPSA) is 54.4 Å². The van der Waals surface area contributed by atoms with Crippen molar-refractivity contribution in [3.05, 3.63) is 0 Å². The van der Waals surface area contributed by atoms with E-state index in [0.717, 1.165) is 32.1 Å². The highest BCUT2D eigenvalue weighted by atomic mass is 32.2. The molecule has 0 spiro atoms. The van der Waals surface area contributed by atoms with E-state index < -0.39 is 21.2 Å². The van der Waals surface area contributed by atoms with Gasteiger partial charge in [-0.3, -0.25) is 0 Å². The summed E-state index contributed by atoms with van der Waals surface area (Å²) < 4.78 is 25.2. The number of rotatable bonds is 19. The molecule has 1 N–H and O–H groups in total. The zero-order valence-electron chi connectivity index (χ0n) is 17.8. The molecule has 0 rings (SSSR count). The van der Waals surface area contributed by atoms with E-state index in [2.05, 4.69) is 13.8 Å². The van der Waals surface area contributed by atoms with Crippen LogP contribution in [0.15, 0.2) is 0 Å². The number of hydrogen-bond acceptors (Lipinski definition) is 3. The lowest BCUT2D eigenvalue weighted by Gasteiger charge is -2.20. The van der Waals surface area contributed by atoms with Crippen LogP contribution in [0.2, 0.25) is 0 Å². The molecule has 26 heavy (non-hydrogen) atoms. The van der Waals surface area contributed by atoms with Gasteiger partial charge in [0, 0.05) is 0 Å². The van der Waals surface area contributed by atoms with Gasteiger partial charge in [0.1, 0.15) is 0 Å². The van der Waals surface area contributed by atoms with E-state index in [1.807, 2.05) is 0 Å². The minimum Gasteiger partial charge on any atom is -0.392 e. The van der Waals surface area contributed by atoms with E-state index in [1.165, 1.54) is 64.2 Å². The van der Waals surface area contributed by atoms with E-state index >= 15 is 0 Å². The third-order valence-corrected chi connectivity index (χ3v) is 7.78. The average Bonchev–Trinajstić information content (AvgIpc) is 2.59. The van der Waals surface area contributed by atoms with Crippen molar-refractivity contribution in [3.63, 3.8) is 0 Å². The molecule has 0 saturated heterocycles. The molecule has 0 aromatic carbocycles. The van der Waals surface area contributed by atoms with Gasteiger partial charge in [0.2, 0.25) is 0 Å². The minimum absolute atomic E-state index is 0.244. The van der Waals surface area contributed by atoms with Gasteiger partial charge in [0.15, 0.2) is 9.84 Å². The third kappa shape index (κ3) is 14.0. The van der Waals surface area contributed by atoms with Crippen LogP contribution in [0.3, 0.4) is 0 Å². The van der Waals surface area contributed by atoms with E-state index in [1.54, 1.807) is 6.92 Å². The average molecular weight is 391 g/mol. The Morgan fingerprint density at radius 3 is 1.46 bits per heavy atom. The van der Waals surface area contributed by atoms with E-state index in [0.29, 0.717) is 6.42 Å². The first-order chi connectivity index (χ1) is 12.5. The fourth-order valence-electron chi connectivity index (χ4n) is 3.61. The van der Waals surface area contributed by atoms with Crippen molar-refractivity contribution in [2.45, 2.75) is 135 Å². The quantitative estimate of drug-likeness (QED) is 0.258. The number of hydrogen-bond donors (Lipinski definition) is 1. The van der Waals surface area contributed by atoms with Gasteiger partial charge < -0.3 is 5.11 Å². The van der Waals surface area contributed by atoms with Gasteiger partial charge in [-0.15, -0.1) is 0 Å². The van der Waals surface area contributed by atoms with Crippen LogP contribution >= 0.6 is 0 Å². The molecule has 158 valence electrons. The van der Waals surface area contributed by atoms with Gasteiger partial charge in [-0.1, -0.05) is 104 Å². The van der Waals surface area contributed by atoms with Gasteiger partial charge in [-0.2, -0.15) is 0 Å². The lowest BCUT2D eigenvalue weighted by molar-refractivity contribution is 0.182. The number of sulfone groups is 1. The molecule has 0 aromatic heterocycles. The van der Waals surface area contributed by atoms with Crippen LogP contribution in [0.1, 0.15) is 124 Å². The molecule has 2 unspecified atom stereocenters.